The van der Waals surface area contributed by atoms with Crippen molar-refractivity contribution in [3.8, 4) is 0 Å². The van der Waals surface area contributed by atoms with E-state index < -0.39 is 0 Å². The first-order valence-corrected chi connectivity index (χ1v) is 15.3. The second-order valence-electron chi connectivity index (χ2n) is 11.3. The van der Waals surface area contributed by atoms with Gasteiger partial charge in [-0.3, -0.25) is 19.2 Å². The molecule has 0 aromatic carbocycles. The van der Waals surface area contributed by atoms with Crippen LogP contribution in [0.5, 0.6) is 0 Å². The summed E-state index contributed by atoms with van der Waals surface area (Å²) in [5.74, 6) is -1.06. The molecule has 2 aromatic heterocycles. The first-order valence-electron chi connectivity index (χ1n) is 15.3. The Morgan fingerprint density at radius 2 is 1.40 bits per heavy atom. The zero-order chi connectivity index (χ0) is 33.0. The fourth-order valence-electron chi connectivity index (χ4n) is 5.96. The van der Waals surface area contributed by atoms with Crippen molar-refractivity contribution in [3.63, 3.8) is 0 Å². The van der Waals surface area contributed by atoms with Gasteiger partial charge in [-0.25, -0.2) is 4.99 Å². The van der Waals surface area contributed by atoms with Crippen LogP contribution in [0, 0.1) is 13.8 Å². The van der Waals surface area contributed by atoms with Crippen LogP contribution in [-0.2, 0) is 41.5 Å². The summed E-state index contributed by atoms with van der Waals surface area (Å²) in [5.41, 5.74) is 9.94. The van der Waals surface area contributed by atoms with Crippen LogP contribution in [0.4, 0.5) is 0 Å². The molecule has 0 unspecified atom stereocenters. The topological polar surface area (TPSA) is 143 Å². The Kier molecular flexibility index (Phi) is 10.3. The maximum absolute atomic E-state index is 12.6. The number of carbonyl (C=O) groups excluding carboxylic acids is 4. The fraction of sp³-hybridized carbons (Fsp3) is 0.400. The first kappa shape index (κ1) is 33.2. The van der Waals surface area contributed by atoms with Gasteiger partial charge in [0.2, 0.25) is 0 Å². The second-order valence-corrected chi connectivity index (χ2v) is 11.3. The Bertz CT molecular complexity index is 1830. The summed E-state index contributed by atoms with van der Waals surface area (Å²) in [5, 5.41) is 4.74. The number of nitrogens with one attached hydrogen (secondary N) is 3. The van der Waals surface area contributed by atoms with Crippen LogP contribution in [0.1, 0.15) is 87.0 Å². The minimum atomic E-state index is -0.353. The smallest absolute Gasteiger partial charge is 0.305 e. The molecule has 4 heterocycles. The lowest BCUT2D eigenvalue weighted by molar-refractivity contribution is -0.141. The zero-order valence-corrected chi connectivity index (χ0v) is 27.4. The van der Waals surface area contributed by atoms with Gasteiger partial charge in [0.1, 0.15) is 0 Å². The summed E-state index contributed by atoms with van der Waals surface area (Å²) in [6.45, 7) is 11.8. The van der Waals surface area contributed by atoms with Gasteiger partial charge in [0.15, 0.2) is 0 Å². The van der Waals surface area contributed by atoms with Gasteiger partial charge in [0.05, 0.1) is 19.9 Å². The minimum absolute atomic E-state index is 0.147. The third-order valence-electron chi connectivity index (χ3n) is 8.76. The quantitative estimate of drug-likeness (QED) is 0.330. The molecule has 4 rings (SSSR count). The van der Waals surface area contributed by atoms with Crippen molar-refractivity contribution in [1.82, 2.24) is 15.3 Å². The van der Waals surface area contributed by atoms with Crippen molar-refractivity contribution in [1.29, 1.82) is 0 Å². The number of methoxy groups -OCH3 is 2. The van der Waals surface area contributed by atoms with Crippen molar-refractivity contribution in [2.45, 2.75) is 80.1 Å². The summed E-state index contributed by atoms with van der Waals surface area (Å²) in [4.78, 5) is 60.3. The van der Waals surface area contributed by atoms with Crippen LogP contribution in [0.3, 0.4) is 0 Å². The van der Waals surface area contributed by atoms with E-state index in [1.807, 2.05) is 39.0 Å². The summed E-state index contributed by atoms with van der Waals surface area (Å²) in [6, 6.07) is 0. The largest absolute Gasteiger partial charge is 0.469 e. The van der Waals surface area contributed by atoms with Gasteiger partial charge in [-0.05, 0) is 105 Å². The lowest BCUT2D eigenvalue weighted by atomic mass is 10.0. The Hall–Kier alpha value is -4.73. The second kappa shape index (κ2) is 13.9. The van der Waals surface area contributed by atoms with Crippen molar-refractivity contribution in [2.24, 2.45) is 4.99 Å². The van der Waals surface area contributed by atoms with Crippen LogP contribution < -0.4 is 16.0 Å². The van der Waals surface area contributed by atoms with E-state index in [0.717, 1.165) is 67.5 Å². The summed E-state index contributed by atoms with van der Waals surface area (Å²) in [7, 11) is 2.71. The predicted molar refractivity (Wildman–Crippen MR) is 174 cm³/mol. The standard InChI is InChI=1S/C35H42N4O6/c1-9-22-18(3)26(36-29(22)16-28-19(4)23(10-2)35(43)38-28)15-27-20(5)24(11-13-32(40)44-7)30(37-27)17-31-25(12-14-33(41)45-8)21(6)34(42)39-31/h15-17,36-37H,9-14H2,1-8H3,(H,39,42)/b26-15-,29-16+,31-17-. The molecule has 3 N–H and O–H groups in total. The molecule has 0 fully saturated rings. The Labute approximate surface area is 263 Å². The molecule has 2 amide bonds. The highest BCUT2D eigenvalue weighted by atomic mass is 16.5. The molecule has 2 aliphatic heterocycles. The third-order valence-corrected chi connectivity index (χ3v) is 8.76. The third kappa shape index (κ3) is 6.84. The molecule has 238 valence electrons. The molecule has 0 radical (unpaired) electrons. The lowest BCUT2D eigenvalue weighted by Gasteiger charge is -2.07. The van der Waals surface area contributed by atoms with Crippen LogP contribution in [-0.4, -0.2) is 53.7 Å². The highest BCUT2D eigenvalue weighted by molar-refractivity contribution is 6.30. The molecule has 0 saturated heterocycles. The molecule has 0 atom stereocenters. The van der Waals surface area contributed by atoms with Gasteiger partial charge in [-0.1, -0.05) is 13.8 Å². The van der Waals surface area contributed by atoms with Gasteiger partial charge in [0, 0.05) is 51.8 Å². The van der Waals surface area contributed by atoms with Gasteiger partial charge >= 0.3 is 11.9 Å². The average Bonchev–Trinajstić information content (AvgIpc) is 3.66. The van der Waals surface area contributed by atoms with E-state index in [1.54, 1.807) is 6.92 Å². The summed E-state index contributed by atoms with van der Waals surface area (Å²) < 4.78 is 9.70. The van der Waals surface area contributed by atoms with Crippen molar-refractivity contribution >= 4 is 47.7 Å². The van der Waals surface area contributed by atoms with Gasteiger partial charge < -0.3 is 24.8 Å². The highest BCUT2D eigenvalue weighted by Gasteiger charge is 2.26. The van der Waals surface area contributed by atoms with Crippen molar-refractivity contribution in [2.75, 3.05) is 14.2 Å². The molecular weight excluding hydrogens is 572 g/mol. The number of rotatable bonds is 11. The van der Waals surface area contributed by atoms with E-state index in [9.17, 15) is 19.2 Å². The summed E-state index contributed by atoms with van der Waals surface area (Å²) in [6.07, 6.45) is 8.41. The number of carbonyl (C=O) groups is 4. The lowest BCUT2D eigenvalue weighted by Crippen LogP contribution is -2.15. The highest BCUT2D eigenvalue weighted by Crippen LogP contribution is 2.30. The van der Waals surface area contributed by atoms with Crippen molar-refractivity contribution in [3.05, 3.63) is 72.3 Å². The molecule has 2 aromatic rings. The van der Waals surface area contributed by atoms with Gasteiger partial charge in [-0.2, -0.15) is 0 Å². The minimum Gasteiger partial charge on any atom is -0.469 e. The number of ether oxygens (including phenoxy) is 2. The average molecular weight is 615 g/mol. The molecule has 10 nitrogen and oxygen atoms in total. The fourth-order valence-corrected chi connectivity index (χ4v) is 5.96. The first-order chi connectivity index (χ1) is 21.4. The number of hydrogen-bond acceptors (Lipinski definition) is 6. The van der Waals surface area contributed by atoms with Crippen LogP contribution in [0.25, 0.3) is 18.2 Å². The SMILES string of the molecule is CCC1=C(C)C(/C=c2/[nH]/c(=C\c3[nH]c(/C=C4\NC(=O)C(C)=C4CCC(=O)OC)c(CCC(=O)OC)c3C)c(C)c2CC)=NC1=O. The number of hydrogen-bond donors (Lipinski definition) is 3. The number of aliphatic imine (C=N–C) groups is 1. The van der Waals surface area contributed by atoms with Crippen LogP contribution >= 0.6 is 0 Å². The summed E-state index contributed by atoms with van der Waals surface area (Å²) >= 11 is 0. The van der Waals surface area contributed by atoms with E-state index in [0.29, 0.717) is 36.2 Å². The number of H-pyrrole nitrogens is 2. The number of allylic oxidation sites excluding steroid dienone is 2. The van der Waals surface area contributed by atoms with E-state index in [4.69, 9.17) is 9.47 Å². The number of nitrogens with zero attached hydrogens (tertiary/aromatic N) is 1. The monoisotopic (exact) mass is 614 g/mol. The zero-order valence-electron chi connectivity index (χ0n) is 27.4. The number of amides is 2. The molecule has 0 saturated carbocycles. The predicted octanol–water partition coefficient (Wildman–Crippen LogP) is 3.69. The molecule has 0 spiro atoms. The number of esters is 2. The molecule has 0 bridgehead atoms. The molecule has 2 aliphatic rings. The Morgan fingerprint density at radius 3 is 2.00 bits per heavy atom. The molecule has 10 heteroatoms. The van der Waals surface area contributed by atoms with E-state index >= 15 is 0 Å². The van der Waals surface area contributed by atoms with E-state index in [2.05, 4.69) is 34.1 Å². The molecule has 45 heavy (non-hydrogen) atoms. The van der Waals surface area contributed by atoms with Gasteiger partial charge in [-0.15, -0.1) is 0 Å². The Morgan fingerprint density at radius 1 is 0.733 bits per heavy atom. The van der Waals surface area contributed by atoms with Crippen LogP contribution in [0.15, 0.2) is 33.0 Å². The molecular formula is C35H42N4O6. The van der Waals surface area contributed by atoms with E-state index in [-0.39, 0.29) is 36.6 Å². The Balaban J connectivity index is 1.83. The molecule has 0 aliphatic carbocycles. The number of aromatic nitrogens is 2. The normalized spacial score (nSPS) is 16.8. The van der Waals surface area contributed by atoms with Crippen molar-refractivity contribution < 1.29 is 28.7 Å². The maximum Gasteiger partial charge on any atom is 0.305 e. The van der Waals surface area contributed by atoms with Gasteiger partial charge in [0.25, 0.3) is 11.8 Å². The maximum atomic E-state index is 12.6. The van der Waals surface area contributed by atoms with Crippen LogP contribution in [0.2, 0.25) is 0 Å². The van der Waals surface area contributed by atoms with E-state index in [1.165, 1.54) is 14.2 Å². The number of aromatic amines is 2.